The molecule has 1 aromatic heterocycles. The molecule has 1 aliphatic rings. The van der Waals surface area contributed by atoms with Crippen molar-refractivity contribution in [1.29, 1.82) is 0 Å². The van der Waals surface area contributed by atoms with Gasteiger partial charge in [-0.05, 0) is 32.6 Å². The number of aryl methyl sites for hydroxylation is 1. The van der Waals surface area contributed by atoms with Crippen LogP contribution in [-0.2, 0) is 6.42 Å². The molecule has 5 heteroatoms. The maximum atomic E-state index is 9.07. The molecule has 0 atom stereocenters. The Labute approximate surface area is 119 Å². The quantitative estimate of drug-likeness (QED) is 0.816. The van der Waals surface area contributed by atoms with Gasteiger partial charge in [-0.2, -0.15) is 0 Å². The van der Waals surface area contributed by atoms with Crippen LogP contribution < -0.4 is 4.90 Å². The molecule has 1 heterocycles. The van der Waals surface area contributed by atoms with E-state index in [0.29, 0.717) is 11.2 Å². The van der Waals surface area contributed by atoms with Crippen molar-refractivity contribution in [2.24, 2.45) is 0 Å². The summed E-state index contributed by atoms with van der Waals surface area (Å²) in [5, 5.41) is 9.62. The van der Waals surface area contributed by atoms with Gasteiger partial charge in [-0.15, -0.1) is 0 Å². The van der Waals surface area contributed by atoms with E-state index in [2.05, 4.69) is 14.9 Å². The van der Waals surface area contributed by atoms with Gasteiger partial charge in [-0.3, -0.25) is 0 Å². The summed E-state index contributed by atoms with van der Waals surface area (Å²) >= 11 is 6.21. The van der Waals surface area contributed by atoms with Crippen LogP contribution in [0.1, 0.15) is 44.0 Å². The van der Waals surface area contributed by atoms with Crippen LogP contribution in [0.5, 0.6) is 0 Å². The Morgan fingerprint density at radius 3 is 2.63 bits per heavy atom. The first-order valence-electron chi connectivity index (χ1n) is 7.07. The number of rotatable bonds is 6. The average Bonchev–Trinajstić information content (AvgIpc) is 2.35. The van der Waals surface area contributed by atoms with Crippen LogP contribution in [0, 0.1) is 6.92 Å². The Hall–Kier alpha value is -0.870. The van der Waals surface area contributed by atoms with Crippen LogP contribution >= 0.6 is 11.6 Å². The van der Waals surface area contributed by atoms with Gasteiger partial charge in [0.05, 0.1) is 0 Å². The van der Waals surface area contributed by atoms with Crippen molar-refractivity contribution in [2.45, 2.75) is 52.0 Å². The number of aliphatic hydroxyl groups is 1. The summed E-state index contributed by atoms with van der Waals surface area (Å²) in [5.74, 6) is 1.74. The minimum absolute atomic E-state index is 0.210. The van der Waals surface area contributed by atoms with E-state index in [-0.39, 0.29) is 6.61 Å². The third-order valence-corrected chi connectivity index (χ3v) is 4.14. The van der Waals surface area contributed by atoms with Crippen LogP contribution in [-0.4, -0.2) is 34.3 Å². The minimum atomic E-state index is 0.210. The van der Waals surface area contributed by atoms with Gasteiger partial charge in [-0.1, -0.05) is 18.5 Å². The molecule has 1 N–H and O–H groups in total. The summed E-state index contributed by atoms with van der Waals surface area (Å²) in [6.07, 6.45) is 5.23. The van der Waals surface area contributed by atoms with Crippen LogP contribution in [0.2, 0.25) is 5.15 Å². The van der Waals surface area contributed by atoms with Crippen molar-refractivity contribution < 1.29 is 5.11 Å². The van der Waals surface area contributed by atoms with Crippen LogP contribution in [0.3, 0.4) is 0 Å². The molecular weight excluding hydrogens is 262 g/mol. The van der Waals surface area contributed by atoms with Gasteiger partial charge < -0.3 is 10.0 Å². The fourth-order valence-corrected chi connectivity index (χ4v) is 2.54. The predicted molar refractivity (Wildman–Crippen MR) is 77.8 cm³/mol. The van der Waals surface area contributed by atoms with Crippen LogP contribution in [0.25, 0.3) is 0 Å². The van der Waals surface area contributed by atoms with Gasteiger partial charge in [-0.25, -0.2) is 9.97 Å². The summed E-state index contributed by atoms with van der Waals surface area (Å²) in [4.78, 5) is 11.3. The molecule has 1 saturated carbocycles. The van der Waals surface area contributed by atoms with Crippen molar-refractivity contribution in [1.82, 2.24) is 9.97 Å². The molecule has 0 saturated heterocycles. The molecule has 0 aliphatic heterocycles. The second-order valence-corrected chi connectivity index (χ2v) is 5.45. The van der Waals surface area contributed by atoms with Crippen LogP contribution in [0.4, 0.5) is 5.82 Å². The molecule has 0 bridgehead atoms. The zero-order valence-corrected chi connectivity index (χ0v) is 12.4. The lowest BCUT2D eigenvalue weighted by Gasteiger charge is -2.39. The molecule has 4 nitrogen and oxygen atoms in total. The van der Waals surface area contributed by atoms with Gasteiger partial charge in [0.15, 0.2) is 0 Å². The van der Waals surface area contributed by atoms with Crippen LogP contribution in [0.15, 0.2) is 0 Å². The smallest absolute Gasteiger partial charge is 0.137 e. The van der Waals surface area contributed by atoms with E-state index in [4.69, 9.17) is 16.7 Å². The number of aliphatic hydroxyl groups excluding tert-OH is 1. The first-order valence-corrected chi connectivity index (χ1v) is 7.45. The molecule has 1 fully saturated rings. The first kappa shape index (κ1) is 14.5. The topological polar surface area (TPSA) is 49.2 Å². The molecule has 19 heavy (non-hydrogen) atoms. The summed E-state index contributed by atoms with van der Waals surface area (Å²) < 4.78 is 0. The first-order chi connectivity index (χ1) is 9.17. The Morgan fingerprint density at radius 2 is 2.11 bits per heavy atom. The molecule has 1 aromatic rings. The molecule has 2 rings (SSSR count). The Bertz CT molecular complexity index is 435. The molecule has 106 valence electrons. The van der Waals surface area contributed by atoms with E-state index < -0.39 is 0 Å². The Kier molecular flexibility index (Phi) is 4.99. The molecule has 0 aromatic carbocycles. The van der Waals surface area contributed by atoms with Gasteiger partial charge in [0.25, 0.3) is 0 Å². The summed E-state index contributed by atoms with van der Waals surface area (Å²) in [5.41, 5.74) is 0.948. The van der Waals surface area contributed by atoms with Crippen molar-refractivity contribution in [2.75, 3.05) is 18.1 Å². The molecule has 1 aliphatic carbocycles. The number of hydrogen-bond donors (Lipinski definition) is 1. The zero-order chi connectivity index (χ0) is 13.8. The average molecular weight is 284 g/mol. The molecule has 0 unspecified atom stereocenters. The van der Waals surface area contributed by atoms with Gasteiger partial charge in [0.2, 0.25) is 0 Å². The van der Waals surface area contributed by atoms with Crippen molar-refractivity contribution >= 4 is 17.4 Å². The molecule has 0 amide bonds. The Morgan fingerprint density at radius 1 is 1.37 bits per heavy atom. The third-order valence-electron chi connectivity index (χ3n) is 3.77. The SMILES string of the molecule is CCc1nc(Cl)c(C)c(N(CCCO)C2CCC2)n1. The highest BCUT2D eigenvalue weighted by molar-refractivity contribution is 6.30. The minimum Gasteiger partial charge on any atom is -0.396 e. The van der Waals surface area contributed by atoms with Crippen molar-refractivity contribution in [3.8, 4) is 0 Å². The summed E-state index contributed by atoms with van der Waals surface area (Å²) in [7, 11) is 0. The van der Waals surface area contributed by atoms with E-state index >= 15 is 0 Å². The standard InChI is InChI=1S/C14H22ClN3O/c1-3-12-16-13(15)10(2)14(17-12)18(8-5-9-19)11-6-4-7-11/h11,19H,3-9H2,1-2H3. The molecule has 0 spiro atoms. The normalized spacial score (nSPS) is 15.4. The second kappa shape index (κ2) is 6.53. The largest absolute Gasteiger partial charge is 0.396 e. The van der Waals surface area contributed by atoms with Gasteiger partial charge in [0.1, 0.15) is 16.8 Å². The fourth-order valence-electron chi connectivity index (χ4n) is 2.36. The number of aromatic nitrogens is 2. The van der Waals surface area contributed by atoms with E-state index in [0.717, 1.165) is 36.6 Å². The maximum Gasteiger partial charge on any atom is 0.137 e. The number of hydrogen-bond acceptors (Lipinski definition) is 4. The summed E-state index contributed by atoms with van der Waals surface area (Å²) in [6, 6.07) is 0.543. The lowest BCUT2D eigenvalue weighted by Crippen LogP contribution is -2.42. The van der Waals surface area contributed by atoms with Crippen molar-refractivity contribution in [3.63, 3.8) is 0 Å². The monoisotopic (exact) mass is 283 g/mol. The van der Waals surface area contributed by atoms with Crippen molar-refractivity contribution in [3.05, 3.63) is 16.5 Å². The number of halogens is 1. The predicted octanol–water partition coefficient (Wildman–Crippen LogP) is 2.74. The lowest BCUT2D eigenvalue weighted by atomic mass is 9.91. The zero-order valence-electron chi connectivity index (χ0n) is 11.7. The highest BCUT2D eigenvalue weighted by atomic mass is 35.5. The second-order valence-electron chi connectivity index (χ2n) is 5.09. The fraction of sp³-hybridized carbons (Fsp3) is 0.714. The number of nitrogens with zero attached hydrogens (tertiary/aromatic N) is 3. The molecular formula is C14H22ClN3O. The summed E-state index contributed by atoms with van der Waals surface area (Å²) in [6.45, 7) is 5.05. The highest BCUT2D eigenvalue weighted by Crippen LogP contribution is 2.32. The van der Waals surface area contributed by atoms with E-state index in [1.807, 2.05) is 13.8 Å². The number of anilines is 1. The highest BCUT2D eigenvalue weighted by Gasteiger charge is 2.27. The Balaban J connectivity index is 2.31. The lowest BCUT2D eigenvalue weighted by molar-refractivity contribution is 0.282. The molecule has 0 radical (unpaired) electrons. The van der Waals surface area contributed by atoms with E-state index in [1.54, 1.807) is 0 Å². The van der Waals surface area contributed by atoms with E-state index in [1.165, 1.54) is 19.3 Å². The van der Waals surface area contributed by atoms with Gasteiger partial charge in [0, 0.05) is 31.2 Å². The van der Waals surface area contributed by atoms with E-state index in [9.17, 15) is 0 Å². The maximum absolute atomic E-state index is 9.07. The third kappa shape index (κ3) is 3.18. The van der Waals surface area contributed by atoms with Gasteiger partial charge >= 0.3 is 0 Å².